The lowest BCUT2D eigenvalue weighted by atomic mass is 10.1. The summed E-state index contributed by atoms with van der Waals surface area (Å²) in [6.07, 6.45) is 1.33. The number of aromatic nitrogens is 2. The molecular formula is C25H19BrCl2N4O5. The van der Waals surface area contributed by atoms with Gasteiger partial charge in [-0.2, -0.15) is 9.78 Å². The Kier molecular flexibility index (Phi) is 8.11. The van der Waals surface area contributed by atoms with Gasteiger partial charge in [0.25, 0.3) is 5.56 Å². The molecule has 12 heteroatoms. The maximum absolute atomic E-state index is 13.0. The molecule has 0 unspecified atom stereocenters. The van der Waals surface area contributed by atoms with Gasteiger partial charge < -0.3 is 9.47 Å². The maximum Gasteiger partial charge on any atom is 0.315 e. The third kappa shape index (κ3) is 5.93. The number of fused-ring (bicyclic) bond motifs is 1. The topological polar surface area (TPSA) is 109 Å². The molecule has 4 rings (SSSR count). The molecule has 190 valence electrons. The molecule has 0 spiro atoms. The van der Waals surface area contributed by atoms with Gasteiger partial charge in [-0.3, -0.25) is 14.9 Å². The van der Waals surface area contributed by atoms with Crippen molar-refractivity contribution in [2.75, 3.05) is 6.61 Å². The van der Waals surface area contributed by atoms with Crippen molar-refractivity contribution in [2.45, 2.75) is 20.5 Å². The standard InChI is InChI=1S/C25H19BrCl2N4O5/c1-3-36-23-10-16(12-29-31-14(2)30-21-7-5-17(26)11-18(21)25(31)33)9-22(32(34)35)24(23)37-13-15-4-6-19(27)20(28)8-15/h4-12H,3,13H2,1-2H3. The predicted molar refractivity (Wildman–Crippen MR) is 146 cm³/mol. The van der Waals surface area contributed by atoms with Crippen LogP contribution < -0.4 is 15.0 Å². The van der Waals surface area contributed by atoms with E-state index in [9.17, 15) is 14.9 Å². The van der Waals surface area contributed by atoms with E-state index in [0.717, 1.165) is 9.15 Å². The van der Waals surface area contributed by atoms with Crippen LogP contribution in [0.2, 0.25) is 10.0 Å². The summed E-state index contributed by atoms with van der Waals surface area (Å²) in [5.41, 5.74) is 0.841. The molecule has 0 aliphatic heterocycles. The Hall–Kier alpha value is -3.47. The normalized spacial score (nSPS) is 11.3. The van der Waals surface area contributed by atoms with Crippen LogP contribution in [0.1, 0.15) is 23.9 Å². The van der Waals surface area contributed by atoms with E-state index in [1.54, 1.807) is 56.3 Å². The first-order chi connectivity index (χ1) is 17.7. The van der Waals surface area contributed by atoms with Crippen LogP contribution in [0.4, 0.5) is 5.69 Å². The van der Waals surface area contributed by atoms with Crippen LogP contribution >= 0.6 is 39.1 Å². The molecule has 0 saturated carbocycles. The fourth-order valence-corrected chi connectivity index (χ4v) is 4.21. The molecule has 0 bridgehead atoms. The largest absolute Gasteiger partial charge is 0.490 e. The second-order valence-corrected chi connectivity index (χ2v) is 9.51. The minimum absolute atomic E-state index is 0.00184. The fourth-order valence-electron chi connectivity index (χ4n) is 3.53. The first kappa shape index (κ1) is 26.6. The molecule has 0 aliphatic rings. The highest BCUT2D eigenvalue weighted by Gasteiger charge is 2.23. The van der Waals surface area contributed by atoms with E-state index in [1.165, 1.54) is 12.3 Å². The lowest BCUT2D eigenvalue weighted by Gasteiger charge is -2.13. The lowest BCUT2D eigenvalue weighted by molar-refractivity contribution is -0.386. The molecule has 9 nitrogen and oxygen atoms in total. The van der Waals surface area contributed by atoms with E-state index in [4.69, 9.17) is 32.7 Å². The third-order valence-electron chi connectivity index (χ3n) is 5.21. The molecule has 0 atom stereocenters. The zero-order valence-corrected chi connectivity index (χ0v) is 22.7. The lowest BCUT2D eigenvalue weighted by Crippen LogP contribution is -2.20. The van der Waals surface area contributed by atoms with Gasteiger partial charge in [-0.05, 0) is 55.8 Å². The van der Waals surface area contributed by atoms with Crippen LogP contribution in [0.25, 0.3) is 10.9 Å². The van der Waals surface area contributed by atoms with Gasteiger partial charge in [-0.15, -0.1) is 0 Å². The van der Waals surface area contributed by atoms with Crippen LogP contribution in [-0.2, 0) is 6.61 Å². The number of nitrogens with zero attached hydrogens (tertiary/aromatic N) is 4. The first-order valence-corrected chi connectivity index (χ1v) is 12.5. The molecule has 0 radical (unpaired) electrons. The number of benzene rings is 3. The second-order valence-electron chi connectivity index (χ2n) is 7.78. The van der Waals surface area contributed by atoms with Crippen LogP contribution in [0.5, 0.6) is 11.5 Å². The van der Waals surface area contributed by atoms with Gasteiger partial charge in [-0.1, -0.05) is 45.2 Å². The minimum Gasteiger partial charge on any atom is -0.490 e. The molecule has 0 N–H and O–H groups in total. The van der Waals surface area contributed by atoms with Gasteiger partial charge in [0.1, 0.15) is 12.4 Å². The minimum atomic E-state index is -0.573. The molecule has 0 amide bonds. The van der Waals surface area contributed by atoms with E-state index in [2.05, 4.69) is 26.0 Å². The Morgan fingerprint density at radius 2 is 1.92 bits per heavy atom. The summed E-state index contributed by atoms with van der Waals surface area (Å²) in [5.74, 6) is 0.473. The van der Waals surface area contributed by atoms with E-state index in [1.807, 2.05) is 0 Å². The number of nitro benzene ring substituents is 1. The van der Waals surface area contributed by atoms with Gasteiger partial charge in [0.2, 0.25) is 5.75 Å². The van der Waals surface area contributed by atoms with Gasteiger partial charge in [-0.25, -0.2) is 4.98 Å². The highest BCUT2D eigenvalue weighted by molar-refractivity contribution is 9.10. The summed E-state index contributed by atoms with van der Waals surface area (Å²) in [4.78, 5) is 28.8. The fraction of sp³-hybridized carbons (Fsp3) is 0.160. The van der Waals surface area contributed by atoms with Gasteiger partial charge in [0, 0.05) is 16.1 Å². The first-order valence-electron chi connectivity index (χ1n) is 10.9. The number of ether oxygens (including phenoxy) is 2. The Morgan fingerprint density at radius 3 is 2.62 bits per heavy atom. The van der Waals surface area contributed by atoms with E-state index < -0.39 is 4.92 Å². The molecule has 3 aromatic carbocycles. The van der Waals surface area contributed by atoms with E-state index >= 15 is 0 Å². The number of hydrogen-bond acceptors (Lipinski definition) is 7. The van der Waals surface area contributed by atoms with Crippen molar-refractivity contribution >= 4 is 61.9 Å². The Bertz CT molecular complexity index is 1610. The average molecular weight is 606 g/mol. The van der Waals surface area contributed by atoms with Crippen molar-refractivity contribution in [3.8, 4) is 11.5 Å². The summed E-state index contributed by atoms with van der Waals surface area (Å²) < 4.78 is 13.3. The molecule has 0 saturated heterocycles. The Morgan fingerprint density at radius 1 is 1.14 bits per heavy atom. The summed E-state index contributed by atoms with van der Waals surface area (Å²) in [7, 11) is 0. The van der Waals surface area contributed by atoms with Crippen molar-refractivity contribution in [2.24, 2.45) is 5.10 Å². The number of rotatable bonds is 8. The summed E-state index contributed by atoms with van der Waals surface area (Å²) in [5, 5.41) is 17.3. The van der Waals surface area contributed by atoms with Crippen LogP contribution in [0.15, 0.2) is 62.9 Å². The average Bonchev–Trinajstić information content (AvgIpc) is 2.85. The highest BCUT2D eigenvalue weighted by atomic mass is 79.9. The highest BCUT2D eigenvalue weighted by Crippen LogP contribution is 2.39. The smallest absolute Gasteiger partial charge is 0.315 e. The number of nitro groups is 1. The molecule has 4 aromatic rings. The molecule has 0 fully saturated rings. The summed E-state index contributed by atoms with van der Waals surface area (Å²) in [6.45, 7) is 3.63. The second kappa shape index (κ2) is 11.3. The molecule has 0 aliphatic carbocycles. The molecule has 1 aromatic heterocycles. The quantitative estimate of drug-likeness (QED) is 0.128. The van der Waals surface area contributed by atoms with Crippen molar-refractivity contribution in [1.29, 1.82) is 0 Å². The monoisotopic (exact) mass is 604 g/mol. The van der Waals surface area contributed by atoms with Crippen molar-refractivity contribution in [3.05, 3.63) is 100 Å². The number of halogens is 3. The summed E-state index contributed by atoms with van der Waals surface area (Å²) >= 11 is 15.4. The Labute approximate surface area is 229 Å². The third-order valence-corrected chi connectivity index (χ3v) is 6.45. The van der Waals surface area contributed by atoms with Crippen molar-refractivity contribution < 1.29 is 14.4 Å². The maximum atomic E-state index is 13.0. The predicted octanol–water partition coefficient (Wildman–Crippen LogP) is 6.54. The van der Waals surface area contributed by atoms with Gasteiger partial charge in [0.05, 0.1) is 38.7 Å². The zero-order valence-electron chi connectivity index (χ0n) is 19.6. The SMILES string of the molecule is CCOc1cc(C=Nn2c(C)nc3ccc(Br)cc3c2=O)cc([N+](=O)[O-])c1OCc1ccc(Cl)c(Cl)c1. The van der Waals surface area contributed by atoms with Crippen molar-refractivity contribution in [1.82, 2.24) is 9.66 Å². The van der Waals surface area contributed by atoms with Gasteiger partial charge >= 0.3 is 5.69 Å². The van der Waals surface area contributed by atoms with Crippen LogP contribution in [-0.4, -0.2) is 27.4 Å². The molecular weight excluding hydrogens is 587 g/mol. The van der Waals surface area contributed by atoms with Gasteiger partial charge in [0.15, 0.2) is 5.75 Å². The van der Waals surface area contributed by atoms with Crippen LogP contribution in [0, 0.1) is 17.0 Å². The van der Waals surface area contributed by atoms with E-state index in [0.29, 0.717) is 37.9 Å². The van der Waals surface area contributed by atoms with Crippen molar-refractivity contribution in [3.63, 3.8) is 0 Å². The summed E-state index contributed by atoms with van der Waals surface area (Å²) in [6, 6.07) is 13.0. The van der Waals surface area contributed by atoms with E-state index in [-0.39, 0.29) is 36.0 Å². The molecule has 37 heavy (non-hydrogen) atoms. The Balaban J connectivity index is 1.72. The van der Waals surface area contributed by atoms with Crippen LogP contribution in [0.3, 0.4) is 0 Å². The number of hydrogen-bond donors (Lipinski definition) is 0. The zero-order chi connectivity index (χ0) is 26.7. The number of aryl methyl sites for hydroxylation is 1. The molecule has 1 heterocycles.